The number of carbonyl (C=O) groups is 2. The highest BCUT2D eigenvalue weighted by Crippen LogP contribution is 2.32. The lowest BCUT2D eigenvalue weighted by Crippen LogP contribution is -2.49. The molecule has 2 heterocycles. The number of benzene rings is 3. The molecule has 1 saturated heterocycles. The summed E-state index contributed by atoms with van der Waals surface area (Å²) in [6.45, 7) is 4.55. The van der Waals surface area contributed by atoms with E-state index in [0.29, 0.717) is 29.4 Å². The van der Waals surface area contributed by atoms with Gasteiger partial charge < -0.3 is 19.3 Å². The van der Waals surface area contributed by atoms with Gasteiger partial charge in [-0.1, -0.05) is 23.7 Å². The first-order chi connectivity index (χ1) is 18.4. The maximum absolute atomic E-state index is 13.5. The Kier molecular flexibility index (Phi) is 8.73. The van der Waals surface area contributed by atoms with E-state index in [1.165, 1.54) is 0 Å². The fourth-order valence-corrected chi connectivity index (χ4v) is 5.27. The molecule has 1 aliphatic heterocycles. The van der Waals surface area contributed by atoms with Gasteiger partial charge in [0.05, 0.1) is 31.8 Å². The Morgan fingerprint density at radius 2 is 1.59 bits per heavy atom. The molecule has 39 heavy (non-hydrogen) atoms. The van der Waals surface area contributed by atoms with Gasteiger partial charge in [-0.3, -0.25) is 14.2 Å². The number of para-hydroxylation sites is 2. The van der Waals surface area contributed by atoms with Crippen molar-refractivity contribution < 1.29 is 19.1 Å². The number of methoxy groups -OCH3 is 2. The zero-order valence-corrected chi connectivity index (χ0v) is 23.7. The zero-order valence-electron chi connectivity index (χ0n) is 22.1. The molecule has 5 rings (SSSR count). The van der Waals surface area contributed by atoms with Gasteiger partial charge in [-0.2, -0.15) is 0 Å². The molecule has 0 unspecified atom stereocenters. The maximum Gasteiger partial charge on any atom is 0.262 e. The van der Waals surface area contributed by atoms with Crippen molar-refractivity contribution in [3.05, 3.63) is 88.6 Å². The lowest BCUT2D eigenvalue weighted by Gasteiger charge is -2.36. The summed E-state index contributed by atoms with van der Waals surface area (Å²) >= 11 is 6.03. The normalized spacial score (nSPS) is 13.2. The summed E-state index contributed by atoms with van der Waals surface area (Å²) in [6.07, 6.45) is 0.199. The fraction of sp³-hybridized carbons (Fsp3) is 0.267. The van der Waals surface area contributed by atoms with Crippen LogP contribution >= 0.6 is 24.0 Å². The van der Waals surface area contributed by atoms with Gasteiger partial charge in [0.1, 0.15) is 11.5 Å². The number of fused-ring (bicyclic) bond motifs is 1. The number of carbonyl (C=O) groups excluding carboxylic acids is 2. The van der Waals surface area contributed by atoms with E-state index in [0.717, 1.165) is 46.7 Å². The van der Waals surface area contributed by atoms with Crippen molar-refractivity contribution in [2.45, 2.75) is 13.3 Å². The highest BCUT2D eigenvalue weighted by molar-refractivity contribution is 6.30. The van der Waals surface area contributed by atoms with Crippen LogP contribution < -0.4 is 14.4 Å². The second-order valence-electron chi connectivity index (χ2n) is 9.31. The summed E-state index contributed by atoms with van der Waals surface area (Å²) in [6, 6.07) is 20.4. The first kappa shape index (κ1) is 28.3. The minimum atomic E-state index is -0.168. The lowest BCUT2D eigenvalue weighted by molar-refractivity contribution is -0.130. The van der Waals surface area contributed by atoms with Crippen LogP contribution in [0.2, 0.25) is 5.02 Å². The average Bonchev–Trinajstić information content (AvgIpc) is 3.23. The third-order valence-electron chi connectivity index (χ3n) is 7.22. The highest BCUT2D eigenvalue weighted by atomic mass is 35.5. The van der Waals surface area contributed by atoms with Gasteiger partial charge in [-0.15, -0.1) is 12.4 Å². The van der Waals surface area contributed by atoms with Crippen molar-refractivity contribution >= 4 is 52.4 Å². The van der Waals surface area contributed by atoms with Crippen LogP contribution in [0.4, 0.5) is 5.69 Å². The van der Waals surface area contributed by atoms with Gasteiger partial charge in [0.15, 0.2) is 0 Å². The molecule has 1 fully saturated rings. The molecular formula is C30H31Cl2N3O4. The molecule has 1 amide bonds. The predicted molar refractivity (Wildman–Crippen MR) is 157 cm³/mol. The number of anilines is 1. The summed E-state index contributed by atoms with van der Waals surface area (Å²) in [5.74, 6) is 1.37. The van der Waals surface area contributed by atoms with E-state index in [2.05, 4.69) is 4.90 Å². The van der Waals surface area contributed by atoms with Crippen LogP contribution in [-0.2, 0) is 11.2 Å². The predicted octanol–water partition coefficient (Wildman–Crippen LogP) is 5.62. The number of rotatable bonds is 6. The third kappa shape index (κ3) is 5.56. The van der Waals surface area contributed by atoms with Crippen LogP contribution in [0.3, 0.4) is 0 Å². The van der Waals surface area contributed by atoms with Gasteiger partial charge >= 0.3 is 0 Å². The third-order valence-corrected chi connectivity index (χ3v) is 7.47. The van der Waals surface area contributed by atoms with Crippen LogP contribution in [0.15, 0.2) is 66.7 Å². The minimum Gasteiger partial charge on any atom is -0.497 e. The fourth-order valence-electron chi connectivity index (χ4n) is 5.15. The van der Waals surface area contributed by atoms with Crippen molar-refractivity contribution in [2.24, 2.45) is 0 Å². The van der Waals surface area contributed by atoms with Gasteiger partial charge in [0, 0.05) is 47.8 Å². The Hall–Kier alpha value is -3.68. The number of ether oxygens (including phenoxy) is 2. The summed E-state index contributed by atoms with van der Waals surface area (Å²) in [5, 5.41) is 1.41. The van der Waals surface area contributed by atoms with Crippen LogP contribution in [0.5, 0.6) is 11.5 Å². The first-order valence-corrected chi connectivity index (χ1v) is 12.9. The first-order valence-electron chi connectivity index (χ1n) is 12.5. The molecule has 7 nitrogen and oxygen atoms in total. The molecule has 0 saturated carbocycles. The molecule has 0 bridgehead atoms. The molecule has 1 aromatic heterocycles. The summed E-state index contributed by atoms with van der Waals surface area (Å²) in [4.78, 5) is 31.2. The van der Waals surface area contributed by atoms with Gasteiger partial charge in [0.25, 0.3) is 5.91 Å². The summed E-state index contributed by atoms with van der Waals surface area (Å²) in [7, 11) is 3.28. The Morgan fingerprint density at radius 3 is 2.26 bits per heavy atom. The van der Waals surface area contributed by atoms with E-state index in [1.807, 2.05) is 54.3 Å². The highest BCUT2D eigenvalue weighted by Gasteiger charge is 2.26. The Bertz CT molecular complexity index is 1490. The molecule has 9 heteroatoms. The van der Waals surface area contributed by atoms with Gasteiger partial charge in [0.2, 0.25) is 5.91 Å². The van der Waals surface area contributed by atoms with Crippen LogP contribution in [0.25, 0.3) is 10.9 Å². The lowest BCUT2D eigenvalue weighted by atomic mass is 10.1. The topological polar surface area (TPSA) is 64.0 Å². The number of nitrogens with zero attached hydrogens (tertiary/aromatic N) is 3. The van der Waals surface area contributed by atoms with Crippen molar-refractivity contribution in [3.8, 4) is 11.5 Å². The Balaban J connectivity index is 0.00000353. The Morgan fingerprint density at radius 1 is 0.897 bits per heavy atom. The minimum absolute atomic E-state index is 0. The number of aromatic nitrogens is 1. The molecule has 0 radical (unpaired) electrons. The summed E-state index contributed by atoms with van der Waals surface area (Å²) in [5.41, 5.74) is 3.88. The van der Waals surface area contributed by atoms with Crippen molar-refractivity contribution in [2.75, 3.05) is 45.3 Å². The van der Waals surface area contributed by atoms with Crippen molar-refractivity contribution in [1.29, 1.82) is 0 Å². The number of amides is 1. The Labute approximate surface area is 239 Å². The second-order valence-corrected chi connectivity index (χ2v) is 9.75. The molecule has 0 aliphatic carbocycles. The quantitative estimate of drug-likeness (QED) is 0.302. The van der Waals surface area contributed by atoms with E-state index >= 15 is 0 Å². The summed E-state index contributed by atoms with van der Waals surface area (Å²) < 4.78 is 12.7. The molecule has 204 valence electrons. The van der Waals surface area contributed by atoms with Crippen molar-refractivity contribution in [3.63, 3.8) is 0 Å². The van der Waals surface area contributed by atoms with Crippen LogP contribution in [-0.4, -0.2) is 61.7 Å². The molecule has 0 N–H and O–H groups in total. The molecule has 0 atom stereocenters. The average molecular weight is 569 g/mol. The molecule has 0 spiro atoms. The van der Waals surface area contributed by atoms with E-state index < -0.39 is 0 Å². The number of halogens is 2. The van der Waals surface area contributed by atoms with Crippen LogP contribution in [0, 0.1) is 6.92 Å². The van der Waals surface area contributed by atoms with E-state index in [-0.39, 0.29) is 30.6 Å². The number of hydrogen-bond donors (Lipinski definition) is 0. The van der Waals surface area contributed by atoms with Gasteiger partial charge in [-0.05, 0) is 67.1 Å². The molecule has 3 aromatic carbocycles. The monoisotopic (exact) mass is 567 g/mol. The zero-order chi connectivity index (χ0) is 26.8. The number of hydrogen-bond acceptors (Lipinski definition) is 5. The second kappa shape index (κ2) is 12.0. The molecular weight excluding hydrogens is 537 g/mol. The SMILES string of the molecule is COc1ccc2c(c1)c(CC(=O)N1CCN(c3ccccc3OC)CC1)c(C)n2C(=O)c1ccc(Cl)cc1.Cl. The van der Waals surface area contributed by atoms with Crippen LogP contribution in [0.1, 0.15) is 21.6 Å². The maximum atomic E-state index is 13.5. The standard InChI is InChI=1S/C30H30ClN3O4.ClH/c1-20-24(19-29(35)33-16-14-32(15-17-33)27-6-4-5-7-28(27)38-3)25-18-23(37-2)12-13-26(25)34(20)30(36)21-8-10-22(31)11-9-21;/h4-13,18H,14-17,19H2,1-3H3;1H. The largest absolute Gasteiger partial charge is 0.497 e. The van der Waals surface area contributed by atoms with Gasteiger partial charge in [-0.25, -0.2) is 0 Å². The molecule has 1 aliphatic rings. The van der Waals surface area contributed by atoms with E-state index in [9.17, 15) is 9.59 Å². The smallest absolute Gasteiger partial charge is 0.262 e. The molecule has 4 aromatic rings. The van der Waals surface area contributed by atoms with E-state index in [4.69, 9.17) is 21.1 Å². The number of piperazine rings is 1. The van der Waals surface area contributed by atoms with Crippen molar-refractivity contribution in [1.82, 2.24) is 9.47 Å². The van der Waals surface area contributed by atoms with E-state index in [1.54, 1.807) is 43.1 Å².